The number of hydrogen-bond acceptors (Lipinski definition) is 5. The highest BCUT2D eigenvalue weighted by molar-refractivity contribution is 5.94. The number of fused-ring (bicyclic) bond motifs is 1. The van der Waals surface area contributed by atoms with Gasteiger partial charge in [-0.15, -0.1) is 0 Å². The molecule has 0 unspecified atom stereocenters. The molecule has 1 amide bonds. The summed E-state index contributed by atoms with van der Waals surface area (Å²) in [4.78, 5) is 34.0. The lowest BCUT2D eigenvalue weighted by atomic mass is 9.91. The minimum atomic E-state index is 0.104. The van der Waals surface area contributed by atoms with Crippen LogP contribution in [-0.2, 0) is 24.2 Å². The Labute approximate surface area is 215 Å². The van der Waals surface area contributed by atoms with Crippen molar-refractivity contribution < 1.29 is 9.59 Å². The molecule has 5 rings (SSSR count). The number of amides is 1. The monoisotopic (exact) mass is 491 g/mol. The highest BCUT2D eigenvalue weighted by Crippen LogP contribution is 2.30. The van der Waals surface area contributed by atoms with Crippen molar-refractivity contribution >= 4 is 17.5 Å². The number of Topliss-reactive ketones (excluding diaryl/α,β-unsaturated/α-hetero) is 1. The van der Waals surface area contributed by atoms with Gasteiger partial charge in [0.05, 0.1) is 0 Å². The Morgan fingerprint density at radius 2 is 1.72 bits per heavy atom. The van der Waals surface area contributed by atoms with Crippen molar-refractivity contribution in [2.45, 2.75) is 84.6 Å². The number of aromatic nitrogens is 3. The van der Waals surface area contributed by atoms with E-state index in [1.807, 2.05) is 17.2 Å². The zero-order valence-corrected chi connectivity index (χ0v) is 22.0. The summed E-state index contributed by atoms with van der Waals surface area (Å²) in [6, 6.07) is 4.15. The highest BCUT2D eigenvalue weighted by atomic mass is 16.2. The van der Waals surface area contributed by atoms with Crippen LogP contribution in [0.2, 0.25) is 0 Å². The maximum Gasteiger partial charge on any atom is 0.274 e. The molecule has 0 saturated carbocycles. The largest absolute Gasteiger partial charge is 0.356 e. The van der Waals surface area contributed by atoms with E-state index in [-0.39, 0.29) is 11.7 Å². The summed E-state index contributed by atoms with van der Waals surface area (Å²) in [5.41, 5.74) is 4.46. The van der Waals surface area contributed by atoms with E-state index in [9.17, 15) is 9.59 Å². The maximum absolute atomic E-state index is 13.5. The fraction of sp³-hybridized carbons (Fsp3) is 0.655. The number of carbonyl (C=O) groups is 2. The third-order valence-corrected chi connectivity index (χ3v) is 8.58. The Bertz CT molecular complexity index is 1080. The number of pyridine rings is 1. The summed E-state index contributed by atoms with van der Waals surface area (Å²) in [5.74, 6) is 2.60. The van der Waals surface area contributed by atoms with E-state index in [4.69, 9.17) is 5.10 Å². The molecule has 194 valence electrons. The van der Waals surface area contributed by atoms with Crippen molar-refractivity contribution in [3.05, 3.63) is 40.8 Å². The van der Waals surface area contributed by atoms with Gasteiger partial charge in [-0.3, -0.25) is 9.48 Å². The standard InChI is InChI=1S/C29H41N5O2/c1-21-6-5-14-30-28(21)32-15-9-23(10-16-32)13-19-34-26-8-4-3-7-25(26)27(31-34)29(36)33-17-11-24(12-18-33)20-22(2)35/h5-6,14,23-24H,3-4,7-13,15-20H2,1-2H3. The van der Waals surface area contributed by atoms with Crippen LogP contribution in [0.4, 0.5) is 5.82 Å². The van der Waals surface area contributed by atoms with Crippen molar-refractivity contribution in [1.29, 1.82) is 0 Å². The summed E-state index contributed by atoms with van der Waals surface area (Å²) >= 11 is 0. The lowest BCUT2D eigenvalue weighted by Crippen LogP contribution is -2.39. The van der Waals surface area contributed by atoms with E-state index in [0.29, 0.717) is 24.0 Å². The van der Waals surface area contributed by atoms with E-state index in [2.05, 4.69) is 27.6 Å². The molecule has 0 spiro atoms. The molecule has 0 bridgehead atoms. The van der Waals surface area contributed by atoms with Crippen LogP contribution in [0.5, 0.6) is 0 Å². The number of anilines is 1. The van der Waals surface area contributed by atoms with E-state index < -0.39 is 0 Å². The number of aryl methyl sites for hydroxylation is 2. The van der Waals surface area contributed by atoms with Crippen molar-refractivity contribution in [3.63, 3.8) is 0 Å². The Balaban J connectivity index is 1.20. The molecular weight excluding hydrogens is 450 g/mol. The summed E-state index contributed by atoms with van der Waals surface area (Å²) in [6.07, 6.45) is 12.2. The van der Waals surface area contributed by atoms with Crippen molar-refractivity contribution in [3.8, 4) is 0 Å². The number of piperidine rings is 2. The third-order valence-electron chi connectivity index (χ3n) is 8.58. The number of likely N-dealkylation sites (tertiary alicyclic amines) is 1. The fourth-order valence-electron chi connectivity index (χ4n) is 6.47. The lowest BCUT2D eigenvalue weighted by Gasteiger charge is -2.33. The van der Waals surface area contributed by atoms with Crippen LogP contribution in [0.3, 0.4) is 0 Å². The maximum atomic E-state index is 13.5. The van der Waals surface area contributed by atoms with E-state index in [1.54, 1.807) is 6.92 Å². The molecule has 1 aliphatic carbocycles. The molecule has 2 saturated heterocycles. The highest BCUT2D eigenvalue weighted by Gasteiger charge is 2.31. The fourth-order valence-corrected chi connectivity index (χ4v) is 6.47. The van der Waals surface area contributed by atoms with Crippen molar-refractivity contribution in [2.75, 3.05) is 31.1 Å². The lowest BCUT2D eigenvalue weighted by molar-refractivity contribution is -0.118. The van der Waals surface area contributed by atoms with Gasteiger partial charge in [0.25, 0.3) is 5.91 Å². The first kappa shape index (κ1) is 25.0. The molecule has 7 heteroatoms. The van der Waals surface area contributed by atoms with Crippen LogP contribution in [0.25, 0.3) is 0 Å². The van der Waals surface area contributed by atoms with Gasteiger partial charge >= 0.3 is 0 Å². The molecule has 2 aromatic heterocycles. The van der Waals surface area contributed by atoms with Crippen LogP contribution in [0, 0.1) is 18.8 Å². The summed E-state index contributed by atoms with van der Waals surface area (Å²) in [5, 5.41) is 4.94. The average molecular weight is 492 g/mol. The van der Waals surface area contributed by atoms with Gasteiger partial charge in [0, 0.05) is 56.6 Å². The second kappa shape index (κ2) is 11.1. The topological polar surface area (TPSA) is 71.3 Å². The molecule has 0 radical (unpaired) electrons. The van der Waals surface area contributed by atoms with Crippen LogP contribution in [0.15, 0.2) is 18.3 Å². The normalized spacial score (nSPS) is 19.4. The molecule has 36 heavy (non-hydrogen) atoms. The van der Waals surface area contributed by atoms with Gasteiger partial charge in [0.1, 0.15) is 11.6 Å². The van der Waals surface area contributed by atoms with Gasteiger partial charge < -0.3 is 14.6 Å². The van der Waals surface area contributed by atoms with Crippen LogP contribution < -0.4 is 4.90 Å². The van der Waals surface area contributed by atoms with Crippen LogP contribution in [0.1, 0.15) is 85.6 Å². The number of rotatable bonds is 7. The zero-order valence-electron chi connectivity index (χ0n) is 22.0. The molecule has 4 heterocycles. The predicted octanol–water partition coefficient (Wildman–Crippen LogP) is 4.60. The van der Waals surface area contributed by atoms with Gasteiger partial charge in [-0.2, -0.15) is 5.10 Å². The predicted molar refractivity (Wildman–Crippen MR) is 141 cm³/mol. The Morgan fingerprint density at radius 1 is 1.00 bits per heavy atom. The van der Waals surface area contributed by atoms with Crippen molar-refractivity contribution in [1.82, 2.24) is 19.7 Å². The van der Waals surface area contributed by atoms with Crippen LogP contribution >= 0.6 is 0 Å². The van der Waals surface area contributed by atoms with Crippen molar-refractivity contribution in [2.24, 2.45) is 11.8 Å². The summed E-state index contributed by atoms with van der Waals surface area (Å²) < 4.78 is 2.18. The number of hydrogen-bond donors (Lipinski definition) is 0. The zero-order chi connectivity index (χ0) is 25.1. The second-order valence-electron chi connectivity index (χ2n) is 11.2. The van der Waals surface area contributed by atoms with Crippen LogP contribution in [-0.4, -0.2) is 57.5 Å². The van der Waals surface area contributed by atoms with E-state index in [0.717, 1.165) is 77.1 Å². The summed E-state index contributed by atoms with van der Waals surface area (Å²) in [7, 11) is 0. The van der Waals surface area contributed by atoms with Gasteiger partial charge in [-0.1, -0.05) is 6.07 Å². The quantitative estimate of drug-likeness (QED) is 0.566. The Kier molecular flexibility index (Phi) is 7.73. The number of nitrogens with zero attached hydrogens (tertiary/aromatic N) is 5. The molecule has 7 nitrogen and oxygen atoms in total. The number of carbonyl (C=O) groups excluding carboxylic acids is 2. The molecule has 2 aromatic rings. The molecule has 0 aromatic carbocycles. The molecule has 0 atom stereocenters. The SMILES string of the molecule is CC(=O)CC1CCN(C(=O)c2nn(CCC3CCN(c4ncccc4C)CC3)c3c2CCCC3)CC1. The first-order chi connectivity index (χ1) is 17.5. The Morgan fingerprint density at radius 3 is 2.44 bits per heavy atom. The molecule has 2 fully saturated rings. The smallest absolute Gasteiger partial charge is 0.274 e. The first-order valence-electron chi connectivity index (χ1n) is 14.0. The average Bonchev–Trinajstić information content (AvgIpc) is 3.26. The minimum Gasteiger partial charge on any atom is -0.356 e. The van der Waals surface area contributed by atoms with E-state index >= 15 is 0 Å². The van der Waals surface area contributed by atoms with Gasteiger partial charge in [0.15, 0.2) is 5.69 Å². The third kappa shape index (κ3) is 5.50. The molecule has 0 N–H and O–H groups in total. The van der Waals surface area contributed by atoms with E-state index in [1.165, 1.54) is 36.1 Å². The van der Waals surface area contributed by atoms with Gasteiger partial charge in [0.2, 0.25) is 0 Å². The second-order valence-corrected chi connectivity index (χ2v) is 11.2. The number of ketones is 1. The summed E-state index contributed by atoms with van der Waals surface area (Å²) in [6.45, 7) is 8.32. The van der Waals surface area contributed by atoms with Gasteiger partial charge in [-0.05, 0) is 95.1 Å². The minimum absolute atomic E-state index is 0.104. The molecule has 3 aliphatic rings. The first-order valence-corrected chi connectivity index (χ1v) is 14.0. The molecule has 2 aliphatic heterocycles. The van der Waals surface area contributed by atoms with Gasteiger partial charge in [-0.25, -0.2) is 4.98 Å². The molecular formula is C29H41N5O2. The Hall–Kier alpha value is -2.70.